The fourth-order valence-corrected chi connectivity index (χ4v) is 3.37. The second kappa shape index (κ2) is 6.92. The zero-order chi connectivity index (χ0) is 19.9. The van der Waals surface area contributed by atoms with E-state index in [0.717, 1.165) is 47.9 Å². The Morgan fingerprint density at radius 1 is 1.11 bits per heavy atom. The zero-order valence-electron chi connectivity index (χ0n) is 15.6. The second-order valence-electron chi connectivity index (χ2n) is 7.00. The van der Waals surface area contributed by atoms with Crippen LogP contribution in [-0.4, -0.2) is 28.3 Å². The summed E-state index contributed by atoms with van der Waals surface area (Å²) in [6, 6.07) is 6.19. The van der Waals surface area contributed by atoms with Gasteiger partial charge in [-0.3, -0.25) is 0 Å². The first-order valence-electron chi connectivity index (χ1n) is 9.12. The van der Waals surface area contributed by atoms with Gasteiger partial charge < -0.3 is 10.2 Å². The molecule has 1 aliphatic rings. The molecule has 2 aromatic heterocycles. The molecule has 0 aliphatic carbocycles. The van der Waals surface area contributed by atoms with E-state index < -0.39 is 11.7 Å². The molecular weight excluding hydrogens is 367 g/mol. The number of pyridine rings is 1. The molecule has 146 valence electrons. The third-order valence-corrected chi connectivity index (χ3v) is 5.21. The van der Waals surface area contributed by atoms with Gasteiger partial charge in [0.2, 0.25) is 0 Å². The quantitative estimate of drug-likeness (QED) is 0.715. The van der Waals surface area contributed by atoms with E-state index in [9.17, 15) is 13.2 Å². The SMILES string of the molecule is Cc1c(CNc2nnc(C)c3cnc(N4CCC4)cc23)cccc1C(F)(F)F. The monoisotopic (exact) mass is 387 g/mol. The van der Waals surface area contributed by atoms with Crippen molar-refractivity contribution in [3.8, 4) is 0 Å². The summed E-state index contributed by atoms with van der Waals surface area (Å²) in [4.78, 5) is 6.68. The van der Waals surface area contributed by atoms with Crippen LogP contribution in [0.3, 0.4) is 0 Å². The van der Waals surface area contributed by atoms with Crippen molar-refractivity contribution in [2.24, 2.45) is 0 Å². The summed E-state index contributed by atoms with van der Waals surface area (Å²) < 4.78 is 39.4. The summed E-state index contributed by atoms with van der Waals surface area (Å²) in [5.74, 6) is 1.42. The molecule has 5 nitrogen and oxygen atoms in total. The average Bonchev–Trinajstić information content (AvgIpc) is 2.60. The summed E-state index contributed by atoms with van der Waals surface area (Å²) >= 11 is 0. The minimum atomic E-state index is -4.37. The topological polar surface area (TPSA) is 53.9 Å². The maximum absolute atomic E-state index is 13.1. The number of alkyl halides is 3. The van der Waals surface area contributed by atoms with Crippen LogP contribution in [0.4, 0.5) is 24.8 Å². The lowest BCUT2D eigenvalue weighted by Gasteiger charge is -2.32. The van der Waals surface area contributed by atoms with Gasteiger partial charge in [-0.1, -0.05) is 12.1 Å². The zero-order valence-corrected chi connectivity index (χ0v) is 15.6. The Balaban J connectivity index is 1.66. The first kappa shape index (κ1) is 18.5. The molecule has 4 rings (SSSR count). The van der Waals surface area contributed by atoms with Gasteiger partial charge in [0.05, 0.1) is 11.3 Å². The highest BCUT2D eigenvalue weighted by atomic mass is 19.4. The van der Waals surface area contributed by atoms with Crippen molar-refractivity contribution in [3.05, 3.63) is 52.8 Å². The van der Waals surface area contributed by atoms with Crippen LogP contribution in [0.15, 0.2) is 30.5 Å². The third kappa shape index (κ3) is 3.34. The van der Waals surface area contributed by atoms with E-state index >= 15 is 0 Å². The minimum absolute atomic E-state index is 0.217. The summed E-state index contributed by atoms with van der Waals surface area (Å²) in [5, 5.41) is 13.3. The van der Waals surface area contributed by atoms with Crippen molar-refractivity contribution >= 4 is 22.4 Å². The van der Waals surface area contributed by atoms with Crippen molar-refractivity contribution in [1.82, 2.24) is 15.2 Å². The average molecular weight is 387 g/mol. The number of benzene rings is 1. The number of nitrogens with zero attached hydrogens (tertiary/aromatic N) is 4. The number of aryl methyl sites for hydroxylation is 1. The number of rotatable bonds is 4. The van der Waals surface area contributed by atoms with Gasteiger partial charge in [0, 0.05) is 36.6 Å². The van der Waals surface area contributed by atoms with Gasteiger partial charge in [0.25, 0.3) is 0 Å². The predicted molar refractivity (Wildman–Crippen MR) is 102 cm³/mol. The molecule has 1 aliphatic heterocycles. The van der Waals surface area contributed by atoms with E-state index in [4.69, 9.17) is 0 Å². The van der Waals surface area contributed by atoms with Crippen molar-refractivity contribution in [2.75, 3.05) is 23.3 Å². The van der Waals surface area contributed by atoms with Gasteiger partial charge in [-0.2, -0.15) is 18.3 Å². The standard InChI is InChI=1S/C20H20F3N5/c1-12-14(5-3-6-17(12)20(21,22)23)10-25-19-15-9-18(28-7-4-8-28)24-11-16(15)13(2)26-27-19/h3,5-6,9,11H,4,7-8,10H2,1-2H3,(H,25,27). The van der Waals surface area contributed by atoms with E-state index in [1.165, 1.54) is 13.0 Å². The van der Waals surface area contributed by atoms with Crippen molar-refractivity contribution in [2.45, 2.75) is 33.0 Å². The highest BCUT2D eigenvalue weighted by molar-refractivity contribution is 5.94. The van der Waals surface area contributed by atoms with Crippen LogP contribution in [0, 0.1) is 13.8 Å². The first-order chi connectivity index (χ1) is 13.3. The number of nitrogens with one attached hydrogen (secondary N) is 1. The van der Waals surface area contributed by atoms with E-state index in [1.807, 2.05) is 13.0 Å². The normalized spacial score (nSPS) is 14.2. The third-order valence-electron chi connectivity index (χ3n) is 5.21. The number of fused-ring (bicyclic) bond motifs is 1. The van der Waals surface area contributed by atoms with Crippen LogP contribution < -0.4 is 10.2 Å². The Hall–Kier alpha value is -2.90. The van der Waals surface area contributed by atoms with Crippen LogP contribution in [0.1, 0.15) is 28.8 Å². The molecule has 28 heavy (non-hydrogen) atoms. The Labute approximate surface area is 160 Å². The molecule has 8 heteroatoms. The Bertz CT molecular complexity index is 1030. The lowest BCUT2D eigenvalue weighted by Crippen LogP contribution is -2.37. The lowest BCUT2D eigenvalue weighted by atomic mass is 10.0. The lowest BCUT2D eigenvalue weighted by molar-refractivity contribution is -0.138. The molecule has 0 spiro atoms. The fraction of sp³-hybridized carbons (Fsp3) is 0.350. The van der Waals surface area contributed by atoms with E-state index in [0.29, 0.717) is 11.4 Å². The van der Waals surface area contributed by atoms with E-state index in [1.54, 1.807) is 12.3 Å². The summed E-state index contributed by atoms with van der Waals surface area (Å²) in [6.45, 7) is 5.53. The summed E-state index contributed by atoms with van der Waals surface area (Å²) in [6.07, 6.45) is -1.44. The highest BCUT2D eigenvalue weighted by Gasteiger charge is 2.32. The Morgan fingerprint density at radius 3 is 2.57 bits per heavy atom. The second-order valence-corrected chi connectivity index (χ2v) is 7.00. The number of halogens is 3. The van der Waals surface area contributed by atoms with Gasteiger partial charge in [-0.25, -0.2) is 4.98 Å². The van der Waals surface area contributed by atoms with Crippen LogP contribution in [0.25, 0.3) is 10.8 Å². The van der Waals surface area contributed by atoms with Gasteiger partial charge in [-0.05, 0) is 43.5 Å². The van der Waals surface area contributed by atoms with Crippen molar-refractivity contribution in [1.29, 1.82) is 0 Å². The first-order valence-corrected chi connectivity index (χ1v) is 9.12. The summed E-state index contributed by atoms with van der Waals surface area (Å²) in [5.41, 5.74) is 0.937. The molecule has 1 saturated heterocycles. The van der Waals surface area contributed by atoms with Gasteiger partial charge in [-0.15, -0.1) is 5.10 Å². The van der Waals surface area contributed by atoms with Crippen LogP contribution in [-0.2, 0) is 12.7 Å². The molecule has 0 amide bonds. The molecule has 0 radical (unpaired) electrons. The molecule has 1 fully saturated rings. The van der Waals surface area contributed by atoms with Crippen LogP contribution in [0.2, 0.25) is 0 Å². The smallest absolute Gasteiger partial charge is 0.364 e. The predicted octanol–water partition coefficient (Wildman–Crippen LogP) is 4.48. The molecule has 3 aromatic rings. The number of aromatic nitrogens is 3. The molecular formula is C20H20F3N5. The van der Waals surface area contributed by atoms with E-state index in [2.05, 4.69) is 25.4 Å². The van der Waals surface area contributed by atoms with Crippen LogP contribution in [0.5, 0.6) is 0 Å². The largest absolute Gasteiger partial charge is 0.416 e. The number of hydrogen-bond acceptors (Lipinski definition) is 5. The molecule has 0 atom stereocenters. The van der Waals surface area contributed by atoms with Crippen LogP contribution >= 0.6 is 0 Å². The van der Waals surface area contributed by atoms with Crippen molar-refractivity contribution < 1.29 is 13.2 Å². The van der Waals surface area contributed by atoms with Crippen molar-refractivity contribution in [3.63, 3.8) is 0 Å². The van der Waals surface area contributed by atoms with Gasteiger partial charge in [0.1, 0.15) is 5.82 Å². The molecule has 0 bridgehead atoms. The highest BCUT2D eigenvalue weighted by Crippen LogP contribution is 2.33. The van der Waals surface area contributed by atoms with Gasteiger partial charge in [0.15, 0.2) is 5.82 Å². The molecule has 0 unspecified atom stereocenters. The fourth-order valence-electron chi connectivity index (χ4n) is 3.37. The van der Waals surface area contributed by atoms with E-state index in [-0.39, 0.29) is 12.1 Å². The number of hydrogen-bond donors (Lipinski definition) is 1. The minimum Gasteiger partial charge on any atom is -0.364 e. The Kier molecular flexibility index (Phi) is 4.56. The number of anilines is 2. The molecule has 1 N–H and O–H groups in total. The molecule has 1 aromatic carbocycles. The van der Waals surface area contributed by atoms with Gasteiger partial charge >= 0.3 is 6.18 Å². The maximum atomic E-state index is 13.1. The molecule has 3 heterocycles. The Morgan fingerprint density at radius 2 is 1.89 bits per heavy atom. The molecule has 0 saturated carbocycles. The summed E-state index contributed by atoms with van der Waals surface area (Å²) in [7, 11) is 0. The maximum Gasteiger partial charge on any atom is 0.416 e.